The Morgan fingerprint density at radius 2 is 1.48 bits per heavy atom. The van der Waals surface area contributed by atoms with Crippen molar-refractivity contribution < 1.29 is 48.8 Å². The maximum atomic E-state index is 13.5. The van der Waals surface area contributed by atoms with E-state index in [1.54, 1.807) is 30.3 Å². The Hall–Kier alpha value is -3.99. The molecule has 0 unspecified atom stereocenters. The molecule has 0 aliphatic carbocycles. The van der Waals surface area contributed by atoms with E-state index in [9.17, 15) is 39.3 Å². The van der Waals surface area contributed by atoms with E-state index in [0.717, 1.165) is 51.2 Å². The maximum absolute atomic E-state index is 13.5. The summed E-state index contributed by atoms with van der Waals surface area (Å²) in [6.07, 6.45) is 14.0. The molecule has 1 aromatic carbocycles. The van der Waals surface area contributed by atoms with Crippen LogP contribution in [0, 0.1) is 5.92 Å². The number of ketones is 1. The van der Waals surface area contributed by atoms with E-state index in [0.29, 0.717) is 43.6 Å². The van der Waals surface area contributed by atoms with Crippen LogP contribution < -0.4 is 10.1 Å². The highest BCUT2D eigenvalue weighted by Gasteiger charge is 2.51. The van der Waals surface area contributed by atoms with E-state index in [-0.39, 0.29) is 12.2 Å². The fraction of sp³-hybridized carbons (Fsp3) is 0.595. The van der Waals surface area contributed by atoms with E-state index >= 15 is 0 Å². The predicted octanol–water partition coefficient (Wildman–Crippen LogP) is 6.53. The number of benzene rings is 1. The Kier molecular flexibility index (Phi) is 20.5. The number of carbonyl (C=O) groups is 5. The highest BCUT2D eigenvalue weighted by molar-refractivity contribution is 5.95. The number of carboxylic acid groups (broad SMARTS) is 3. The van der Waals surface area contributed by atoms with Crippen LogP contribution in [0.5, 0.6) is 5.75 Å². The molecule has 4 N–H and O–H groups in total. The zero-order valence-electron chi connectivity index (χ0n) is 29.0. The van der Waals surface area contributed by atoms with Crippen LogP contribution in [0.4, 0.5) is 0 Å². The van der Waals surface area contributed by atoms with Crippen LogP contribution in [-0.4, -0.2) is 70.3 Å². The summed E-state index contributed by atoms with van der Waals surface area (Å²) in [5, 5.41) is 31.9. The van der Waals surface area contributed by atoms with E-state index < -0.39 is 47.8 Å². The molecule has 11 nitrogen and oxygen atoms in total. The molecular formula is C37H55NO10. The third-order valence-electron chi connectivity index (χ3n) is 8.11. The van der Waals surface area contributed by atoms with Gasteiger partial charge in [-0.1, -0.05) is 75.3 Å². The van der Waals surface area contributed by atoms with Gasteiger partial charge in [0.2, 0.25) is 5.91 Å². The number of rotatable bonds is 27. The van der Waals surface area contributed by atoms with Crippen LogP contribution in [0.3, 0.4) is 0 Å². The van der Waals surface area contributed by atoms with Gasteiger partial charge in [-0.2, -0.15) is 0 Å². The average Bonchev–Trinajstić information content (AvgIpc) is 3.03. The largest absolute Gasteiger partial charge is 0.490 e. The van der Waals surface area contributed by atoms with E-state index in [2.05, 4.69) is 12.2 Å². The quantitative estimate of drug-likeness (QED) is 0.0593. The van der Waals surface area contributed by atoms with Crippen LogP contribution in [-0.2, 0) is 35.1 Å². The molecule has 11 heteroatoms. The second kappa shape index (κ2) is 23.4. The highest BCUT2D eigenvalue weighted by atomic mass is 16.5. The topological polar surface area (TPSA) is 177 Å². The fourth-order valence-corrected chi connectivity index (χ4v) is 5.23. The molecule has 1 aromatic rings. The van der Waals surface area contributed by atoms with Gasteiger partial charge in [0.1, 0.15) is 24.2 Å². The summed E-state index contributed by atoms with van der Waals surface area (Å²) in [4.78, 5) is 61.9. The molecule has 268 valence electrons. The number of aliphatic carboxylic acids is 3. The number of ether oxygens (including phenoxy) is 2. The summed E-state index contributed by atoms with van der Waals surface area (Å²) in [6, 6.07) is 5.27. The summed E-state index contributed by atoms with van der Waals surface area (Å²) in [7, 11) is 1.01. The molecule has 0 spiro atoms. The number of carbonyl (C=O) groups excluding carboxylic acids is 2. The normalized spacial score (nSPS) is 13.7. The van der Waals surface area contributed by atoms with Gasteiger partial charge in [0.15, 0.2) is 5.60 Å². The molecule has 0 saturated heterocycles. The van der Waals surface area contributed by atoms with Gasteiger partial charge in [0.25, 0.3) is 0 Å². The SMILES string of the molecule is CCCCCCCC(=O)CCCCCC/C=C/[C@H](C(=O)N[C@@H](Cc1ccc(OCC=C(C)C)cc1)C(=O)O)[C@](CC(=O)O)(OC)C(=O)O. The average molecular weight is 674 g/mol. The van der Waals surface area contributed by atoms with Crippen molar-refractivity contribution in [3.8, 4) is 5.75 Å². The molecule has 0 bridgehead atoms. The minimum Gasteiger partial charge on any atom is -0.490 e. The lowest BCUT2D eigenvalue weighted by Crippen LogP contribution is -2.56. The second-order valence-electron chi connectivity index (χ2n) is 12.4. The number of methoxy groups -OCH3 is 1. The highest BCUT2D eigenvalue weighted by Crippen LogP contribution is 2.29. The van der Waals surface area contributed by atoms with Gasteiger partial charge in [-0.3, -0.25) is 14.4 Å². The summed E-state index contributed by atoms with van der Waals surface area (Å²) < 4.78 is 10.8. The number of nitrogens with one attached hydrogen (secondary N) is 1. The summed E-state index contributed by atoms with van der Waals surface area (Å²) in [5.74, 6) is -6.27. The van der Waals surface area contributed by atoms with Crippen LogP contribution in [0.25, 0.3) is 0 Å². The molecule has 3 atom stereocenters. The molecular weight excluding hydrogens is 618 g/mol. The Bertz CT molecular complexity index is 1220. The van der Waals surface area contributed by atoms with Crippen LogP contribution >= 0.6 is 0 Å². The molecule has 0 radical (unpaired) electrons. The van der Waals surface area contributed by atoms with E-state index in [1.807, 2.05) is 19.9 Å². The first-order chi connectivity index (χ1) is 22.9. The lowest BCUT2D eigenvalue weighted by molar-refractivity contribution is -0.177. The Morgan fingerprint density at radius 3 is 2.00 bits per heavy atom. The summed E-state index contributed by atoms with van der Waals surface area (Å²) >= 11 is 0. The number of Topliss-reactive ketones (excluding diaryl/α,β-unsaturated/α-hetero) is 1. The van der Waals surface area contributed by atoms with Crippen molar-refractivity contribution in [2.45, 2.75) is 122 Å². The van der Waals surface area contributed by atoms with Gasteiger partial charge in [-0.25, -0.2) is 9.59 Å². The molecule has 0 aromatic heterocycles. The zero-order valence-corrected chi connectivity index (χ0v) is 29.0. The third kappa shape index (κ3) is 16.2. The maximum Gasteiger partial charge on any atom is 0.337 e. The van der Waals surface area contributed by atoms with Crippen molar-refractivity contribution in [2.75, 3.05) is 13.7 Å². The molecule has 0 aliphatic heterocycles. The smallest absolute Gasteiger partial charge is 0.337 e. The number of allylic oxidation sites excluding steroid dienone is 2. The van der Waals surface area contributed by atoms with Crippen molar-refractivity contribution in [1.29, 1.82) is 0 Å². The van der Waals surface area contributed by atoms with Crippen molar-refractivity contribution in [3.63, 3.8) is 0 Å². The molecule has 0 saturated carbocycles. The van der Waals surface area contributed by atoms with Crippen LogP contribution in [0.2, 0.25) is 0 Å². The standard InChI is InChI=1S/C37H55NO10/c1-5-6-7-10-13-16-29(39)17-14-11-8-9-12-15-18-31(37(47-4,36(45)46)26-33(40)41)34(42)38-32(35(43)44)25-28-19-21-30(22-20-28)48-24-23-27(2)3/h15,18-23,31-32H,5-14,16-17,24-26H2,1-4H3,(H,38,42)(H,40,41)(H,43,44)(H,45,46)/b18-15+/t31-,32+,37+/m1/s1. The van der Waals surface area contributed by atoms with Gasteiger partial charge >= 0.3 is 17.9 Å². The first-order valence-corrected chi connectivity index (χ1v) is 16.9. The zero-order chi connectivity index (χ0) is 36.0. The first kappa shape index (κ1) is 42.0. The summed E-state index contributed by atoms with van der Waals surface area (Å²) in [6.45, 7) is 6.44. The lowest BCUT2D eigenvalue weighted by atomic mass is 9.82. The molecule has 0 aliphatic rings. The van der Waals surface area contributed by atoms with E-state index in [4.69, 9.17) is 9.47 Å². The Balaban J connectivity index is 2.91. The molecule has 1 rings (SSSR count). The van der Waals surface area contributed by atoms with Crippen molar-refractivity contribution >= 4 is 29.6 Å². The number of amides is 1. The molecule has 0 heterocycles. The minimum atomic E-state index is -2.48. The summed E-state index contributed by atoms with van der Waals surface area (Å²) in [5.41, 5.74) is -0.789. The van der Waals surface area contributed by atoms with Gasteiger partial charge in [-0.05, 0) is 63.3 Å². The van der Waals surface area contributed by atoms with Crippen molar-refractivity contribution in [2.24, 2.45) is 5.92 Å². The predicted molar refractivity (Wildman–Crippen MR) is 183 cm³/mol. The van der Waals surface area contributed by atoms with Gasteiger partial charge in [-0.15, -0.1) is 0 Å². The van der Waals surface area contributed by atoms with Crippen LogP contribution in [0.1, 0.15) is 110 Å². The number of hydrogen-bond donors (Lipinski definition) is 4. The monoisotopic (exact) mass is 673 g/mol. The molecule has 0 fully saturated rings. The minimum absolute atomic E-state index is 0.112. The van der Waals surface area contributed by atoms with Gasteiger partial charge < -0.3 is 30.1 Å². The molecule has 1 amide bonds. The molecule has 48 heavy (non-hydrogen) atoms. The number of unbranched alkanes of at least 4 members (excludes halogenated alkanes) is 8. The van der Waals surface area contributed by atoms with Crippen molar-refractivity contribution in [3.05, 3.63) is 53.6 Å². The Morgan fingerprint density at radius 1 is 0.875 bits per heavy atom. The third-order valence-corrected chi connectivity index (χ3v) is 8.11. The van der Waals surface area contributed by atoms with Crippen LogP contribution in [0.15, 0.2) is 48.1 Å². The Labute approximate surface area is 284 Å². The van der Waals surface area contributed by atoms with Gasteiger partial charge in [0.05, 0.1) is 12.3 Å². The lowest BCUT2D eigenvalue weighted by Gasteiger charge is -2.33. The fourth-order valence-electron chi connectivity index (χ4n) is 5.23. The second-order valence-corrected chi connectivity index (χ2v) is 12.4. The number of carboxylic acids is 3. The first-order valence-electron chi connectivity index (χ1n) is 16.9. The van der Waals surface area contributed by atoms with Gasteiger partial charge in [0, 0.05) is 26.4 Å². The van der Waals surface area contributed by atoms with Crippen molar-refractivity contribution in [1.82, 2.24) is 5.32 Å². The van der Waals surface area contributed by atoms with E-state index in [1.165, 1.54) is 18.9 Å². The number of hydrogen-bond acceptors (Lipinski definition) is 7.